The fraction of sp³-hybridized carbons (Fsp3) is 0.583. The van der Waals surface area contributed by atoms with Crippen LogP contribution in [0.2, 0.25) is 0 Å². The van der Waals surface area contributed by atoms with Crippen molar-refractivity contribution in [3.63, 3.8) is 0 Å². The monoisotopic (exact) mass is 198 g/mol. The first-order valence-corrected chi connectivity index (χ1v) is 4.93. The van der Waals surface area contributed by atoms with Crippen LogP contribution in [-0.4, -0.2) is 18.0 Å². The molecule has 0 radical (unpaired) electrons. The molecular formula is C12H22O2. The molecule has 0 heterocycles. The Bertz CT molecular complexity index is 186. The van der Waals surface area contributed by atoms with Gasteiger partial charge in [0.15, 0.2) is 0 Å². The van der Waals surface area contributed by atoms with E-state index >= 15 is 0 Å². The zero-order chi connectivity index (χ0) is 11.4. The minimum Gasteiger partial charge on any atom is -0.397 e. The maximum Gasteiger partial charge on any atom is 0.142 e. The molecule has 0 bridgehead atoms. The minimum absolute atomic E-state index is 0.250. The van der Waals surface area contributed by atoms with Crippen LogP contribution < -0.4 is 0 Å². The van der Waals surface area contributed by atoms with Gasteiger partial charge in [0.2, 0.25) is 0 Å². The van der Waals surface area contributed by atoms with E-state index in [4.69, 9.17) is 5.11 Å². The Morgan fingerprint density at radius 2 is 1.79 bits per heavy atom. The molecule has 0 fully saturated rings. The van der Waals surface area contributed by atoms with Crippen molar-refractivity contribution in [2.24, 2.45) is 0 Å². The van der Waals surface area contributed by atoms with Crippen LogP contribution in [0.15, 0.2) is 23.3 Å². The molecule has 82 valence electrons. The Kier molecular flexibility index (Phi) is 13.5. The second kappa shape index (κ2) is 12.1. The lowest BCUT2D eigenvalue weighted by atomic mass is 10.1. The smallest absolute Gasteiger partial charge is 0.142 e. The summed E-state index contributed by atoms with van der Waals surface area (Å²) in [6.45, 7) is 8.07. The Morgan fingerprint density at radius 1 is 1.29 bits per heavy atom. The van der Waals surface area contributed by atoms with Gasteiger partial charge in [-0.25, -0.2) is 0 Å². The summed E-state index contributed by atoms with van der Waals surface area (Å²) in [5, 5.41) is 7.57. The first-order valence-electron chi connectivity index (χ1n) is 4.93. The van der Waals surface area contributed by atoms with Gasteiger partial charge in [-0.1, -0.05) is 17.2 Å². The molecule has 0 aromatic rings. The molecule has 0 rings (SSSR count). The van der Waals surface area contributed by atoms with Crippen molar-refractivity contribution in [3.05, 3.63) is 23.3 Å². The largest absolute Gasteiger partial charge is 0.397 e. The number of rotatable bonds is 4. The highest BCUT2D eigenvalue weighted by molar-refractivity contribution is 5.65. The average Bonchev–Trinajstić information content (AvgIpc) is 2.05. The maximum absolute atomic E-state index is 10.0. The predicted molar refractivity (Wildman–Crippen MR) is 61.2 cm³/mol. The number of aldehydes is 1. The van der Waals surface area contributed by atoms with Crippen LogP contribution in [0.4, 0.5) is 0 Å². The molecule has 2 nitrogen and oxygen atoms in total. The predicted octanol–water partition coefficient (Wildman–Crippen LogP) is 2.88. The van der Waals surface area contributed by atoms with Gasteiger partial charge >= 0.3 is 0 Å². The summed E-state index contributed by atoms with van der Waals surface area (Å²) >= 11 is 0. The van der Waals surface area contributed by atoms with Gasteiger partial charge < -0.3 is 5.11 Å². The van der Waals surface area contributed by atoms with E-state index < -0.39 is 0 Å². The van der Waals surface area contributed by atoms with Crippen molar-refractivity contribution < 1.29 is 9.90 Å². The Hall–Kier alpha value is -0.890. The second-order valence-electron chi connectivity index (χ2n) is 3.29. The molecule has 0 spiro atoms. The molecule has 0 aromatic carbocycles. The van der Waals surface area contributed by atoms with Crippen LogP contribution in [0.3, 0.4) is 0 Å². The molecule has 0 unspecified atom stereocenters. The normalized spacial score (nSPS) is 9.93. The summed E-state index contributed by atoms with van der Waals surface area (Å²) < 4.78 is 0. The van der Waals surface area contributed by atoms with Gasteiger partial charge in [-0.2, -0.15) is 0 Å². The molecule has 0 atom stereocenters. The van der Waals surface area contributed by atoms with Crippen molar-refractivity contribution in [1.29, 1.82) is 0 Å². The molecule has 1 N–H and O–H groups in total. The molecule has 0 saturated carbocycles. The van der Waals surface area contributed by atoms with Gasteiger partial charge in [0.05, 0.1) is 0 Å². The van der Waals surface area contributed by atoms with E-state index in [0.717, 1.165) is 24.7 Å². The van der Waals surface area contributed by atoms with Crippen molar-refractivity contribution in [2.45, 2.75) is 40.5 Å². The summed E-state index contributed by atoms with van der Waals surface area (Å²) in [4.78, 5) is 10.0. The number of hydrogen-bond acceptors (Lipinski definition) is 2. The van der Waals surface area contributed by atoms with Gasteiger partial charge in [-0.15, -0.1) is 0 Å². The van der Waals surface area contributed by atoms with E-state index in [1.807, 2.05) is 6.92 Å². The highest BCUT2D eigenvalue weighted by atomic mass is 16.2. The first kappa shape index (κ1) is 15.6. The number of carbonyl (C=O) groups excluding carboxylic acids is 1. The quantitative estimate of drug-likeness (QED) is 0.428. The summed E-state index contributed by atoms with van der Waals surface area (Å²) in [5.41, 5.74) is 2.49. The van der Waals surface area contributed by atoms with Gasteiger partial charge in [-0.3, -0.25) is 4.79 Å². The molecule has 14 heavy (non-hydrogen) atoms. The topological polar surface area (TPSA) is 37.3 Å². The van der Waals surface area contributed by atoms with E-state index in [0.29, 0.717) is 0 Å². The van der Waals surface area contributed by atoms with Crippen LogP contribution in [-0.2, 0) is 4.79 Å². The molecule has 0 amide bonds. The summed E-state index contributed by atoms with van der Waals surface area (Å²) in [6.07, 6.45) is 6.68. The van der Waals surface area contributed by atoms with Crippen molar-refractivity contribution in [3.8, 4) is 0 Å². The van der Waals surface area contributed by atoms with Gasteiger partial charge in [0.1, 0.15) is 6.29 Å². The van der Waals surface area contributed by atoms with Gasteiger partial charge in [0.25, 0.3) is 0 Å². The van der Waals surface area contributed by atoms with Crippen LogP contribution in [0.25, 0.3) is 0 Å². The summed E-state index contributed by atoms with van der Waals surface area (Å²) in [5.74, 6) is 0. The van der Waals surface area contributed by atoms with Crippen LogP contribution in [0.1, 0.15) is 40.5 Å². The third-order valence-corrected chi connectivity index (χ3v) is 1.44. The van der Waals surface area contributed by atoms with E-state index in [2.05, 4.69) is 19.9 Å². The molecule has 0 aliphatic carbocycles. The molecule has 0 aliphatic rings. The van der Waals surface area contributed by atoms with Crippen molar-refractivity contribution in [1.82, 2.24) is 0 Å². The van der Waals surface area contributed by atoms with E-state index in [9.17, 15) is 4.79 Å². The average molecular weight is 198 g/mol. The zero-order valence-electron chi connectivity index (χ0n) is 9.71. The van der Waals surface area contributed by atoms with E-state index in [-0.39, 0.29) is 6.61 Å². The summed E-state index contributed by atoms with van der Waals surface area (Å²) in [7, 11) is 0. The summed E-state index contributed by atoms with van der Waals surface area (Å²) in [6, 6.07) is 0. The molecule has 0 aromatic heterocycles. The molecule has 0 aliphatic heterocycles. The van der Waals surface area contributed by atoms with E-state index in [1.165, 1.54) is 5.57 Å². The fourth-order valence-electron chi connectivity index (χ4n) is 0.788. The fourth-order valence-corrected chi connectivity index (χ4v) is 0.788. The number of aliphatic hydroxyl groups is 1. The maximum atomic E-state index is 10.0. The molecular weight excluding hydrogens is 176 g/mol. The third kappa shape index (κ3) is 17.3. The number of hydrogen-bond donors (Lipinski definition) is 1. The van der Waals surface area contributed by atoms with Crippen molar-refractivity contribution in [2.75, 3.05) is 6.61 Å². The van der Waals surface area contributed by atoms with Crippen molar-refractivity contribution >= 4 is 6.29 Å². The highest BCUT2D eigenvalue weighted by Crippen LogP contribution is 2.05. The standard InChI is InChI=1S/C10H16O.C2H6O/c1-9(2)5-4-6-10(3)7-8-11;1-2-3/h5,7-8H,4,6H2,1-3H3;3H,2H2,1H3/b10-7+;. The second-order valence-corrected chi connectivity index (χ2v) is 3.29. The van der Waals surface area contributed by atoms with Gasteiger partial charge in [-0.05, 0) is 46.6 Å². The minimum atomic E-state index is 0.250. The lowest BCUT2D eigenvalue weighted by Gasteiger charge is -1.94. The molecule has 2 heteroatoms. The zero-order valence-corrected chi connectivity index (χ0v) is 9.71. The number of allylic oxidation sites excluding steroid dienone is 4. The Balaban J connectivity index is 0. The molecule has 0 saturated heterocycles. The number of carbonyl (C=O) groups is 1. The number of aliphatic hydroxyl groups excluding tert-OH is 1. The highest BCUT2D eigenvalue weighted by Gasteiger charge is 1.86. The van der Waals surface area contributed by atoms with Crippen LogP contribution in [0, 0.1) is 0 Å². The van der Waals surface area contributed by atoms with Gasteiger partial charge in [0, 0.05) is 6.61 Å². The lowest BCUT2D eigenvalue weighted by Crippen LogP contribution is -1.77. The van der Waals surface area contributed by atoms with E-state index in [1.54, 1.807) is 13.0 Å². The van der Waals surface area contributed by atoms with Crippen LogP contribution >= 0.6 is 0 Å². The lowest BCUT2D eigenvalue weighted by molar-refractivity contribution is -0.104. The Morgan fingerprint density at radius 3 is 2.14 bits per heavy atom. The first-order chi connectivity index (χ1) is 6.58. The SMILES string of the molecule is CC(C)=CCC/C(C)=C/C=O.CCO. The third-order valence-electron chi connectivity index (χ3n) is 1.44. The Labute approximate surface area is 87.3 Å². The van der Waals surface area contributed by atoms with Crippen LogP contribution in [0.5, 0.6) is 0 Å².